The van der Waals surface area contributed by atoms with Gasteiger partial charge in [0.15, 0.2) is 0 Å². The van der Waals surface area contributed by atoms with Gasteiger partial charge in [-0.2, -0.15) is 0 Å². The van der Waals surface area contributed by atoms with E-state index in [9.17, 15) is 9.18 Å². The third-order valence-corrected chi connectivity index (χ3v) is 1.08. The molecule has 3 heteroatoms. The molecule has 0 aromatic rings. The highest BCUT2D eigenvalue weighted by Crippen LogP contribution is 2.04. The average Bonchev–Trinajstić information content (AvgIpc) is 1.64. The topological polar surface area (TPSA) is 37.3 Å². The molecule has 0 heterocycles. The van der Waals surface area contributed by atoms with Gasteiger partial charge in [0.05, 0.1) is 5.92 Å². The van der Waals surface area contributed by atoms with Crippen LogP contribution >= 0.6 is 0 Å². The number of carboxylic acid groups (broad SMARTS) is 1. The predicted molar refractivity (Wildman–Crippen MR) is 27.4 cm³/mol. The quantitative estimate of drug-likeness (QED) is 0.591. The van der Waals surface area contributed by atoms with E-state index in [4.69, 9.17) is 5.11 Å². The molecule has 2 atom stereocenters. The van der Waals surface area contributed by atoms with Crippen molar-refractivity contribution in [2.75, 3.05) is 0 Å². The van der Waals surface area contributed by atoms with E-state index >= 15 is 0 Å². The van der Waals surface area contributed by atoms with E-state index in [1.54, 1.807) is 0 Å². The number of carboxylic acids is 1. The maximum absolute atomic E-state index is 12.0. The van der Waals surface area contributed by atoms with Crippen LogP contribution in [0.15, 0.2) is 0 Å². The first-order chi connectivity index (χ1) is 3.55. The Balaban J connectivity index is 3.64. The molecule has 0 saturated carbocycles. The highest BCUT2D eigenvalue weighted by atomic mass is 19.1. The molecule has 0 bridgehead atoms. The van der Waals surface area contributed by atoms with Gasteiger partial charge in [-0.3, -0.25) is 4.79 Å². The lowest BCUT2D eigenvalue weighted by Gasteiger charge is -2.04. The van der Waals surface area contributed by atoms with Crippen LogP contribution in [0.1, 0.15) is 13.8 Å². The smallest absolute Gasteiger partial charge is 0.309 e. The van der Waals surface area contributed by atoms with Gasteiger partial charge in [0.1, 0.15) is 6.17 Å². The summed E-state index contributed by atoms with van der Waals surface area (Å²) < 4.78 is 12.0. The summed E-state index contributed by atoms with van der Waals surface area (Å²) in [5, 5.41) is 8.11. The lowest BCUT2D eigenvalue weighted by atomic mass is 10.1. The molecule has 0 fully saturated rings. The molecule has 0 spiro atoms. The molecule has 0 aliphatic rings. The van der Waals surface area contributed by atoms with Gasteiger partial charge in [0, 0.05) is 0 Å². The third kappa shape index (κ3) is 1.91. The van der Waals surface area contributed by atoms with Crippen molar-refractivity contribution in [3.05, 3.63) is 0 Å². The molecule has 0 aliphatic carbocycles. The Morgan fingerprint density at radius 1 is 1.62 bits per heavy atom. The lowest BCUT2D eigenvalue weighted by Crippen LogP contribution is -2.18. The SMILES string of the molecule is C[C@H](F)[C@@H](C)C(=O)O. The van der Waals surface area contributed by atoms with Gasteiger partial charge in [0.2, 0.25) is 0 Å². The van der Waals surface area contributed by atoms with Crippen molar-refractivity contribution in [3.63, 3.8) is 0 Å². The summed E-state index contributed by atoms with van der Waals surface area (Å²) in [6.45, 7) is 2.58. The van der Waals surface area contributed by atoms with E-state index < -0.39 is 18.1 Å². The minimum Gasteiger partial charge on any atom is -0.481 e. The number of aliphatic carboxylic acids is 1. The van der Waals surface area contributed by atoms with Gasteiger partial charge in [-0.15, -0.1) is 0 Å². The van der Waals surface area contributed by atoms with Gasteiger partial charge < -0.3 is 5.11 Å². The molecular weight excluding hydrogens is 111 g/mol. The molecule has 0 unspecified atom stereocenters. The van der Waals surface area contributed by atoms with E-state index in [0.717, 1.165) is 0 Å². The molecule has 8 heavy (non-hydrogen) atoms. The minimum atomic E-state index is -1.26. The Morgan fingerprint density at radius 3 is 2.00 bits per heavy atom. The molecule has 0 aromatic carbocycles. The van der Waals surface area contributed by atoms with Crippen molar-refractivity contribution in [1.29, 1.82) is 0 Å². The summed E-state index contributed by atoms with van der Waals surface area (Å²) in [5.41, 5.74) is 0. The fourth-order valence-corrected chi connectivity index (χ4v) is 0.196. The Labute approximate surface area is 47.3 Å². The summed E-state index contributed by atoms with van der Waals surface area (Å²) in [4.78, 5) is 9.90. The van der Waals surface area contributed by atoms with Crippen LogP contribution in [0.3, 0.4) is 0 Å². The molecule has 0 aliphatic heterocycles. The van der Waals surface area contributed by atoms with Gasteiger partial charge in [-0.1, -0.05) is 0 Å². The first kappa shape index (κ1) is 7.40. The van der Waals surface area contributed by atoms with Crippen LogP contribution in [0.5, 0.6) is 0 Å². The van der Waals surface area contributed by atoms with Crippen LogP contribution in [-0.2, 0) is 4.79 Å². The molecule has 48 valence electrons. The van der Waals surface area contributed by atoms with E-state index in [1.807, 2.05) is 0 Å². The maximum Gasteiger partial charge on any atom is 0.309 e. The maximum atomic E-state index is 12.0. The zero-order chi connectivity index (χ0) is 6.73. The highest BCUT2D eigenvalue weighted by Gasteiger charge is 2.17. The zero-order valence-corrected chi connectivity index (χ0v) is 4.89. The number of hydrogen-bond acceptors (Lipinski definition) is 1. The Hall–Kier alpha value is -0.600. The summed E-state index contributed by atoms with van der Waals surface area (Å²) in [6.07, 6.45) is -1.26. The number of carbonyl (C=O) groups is 1. The molecule has 2 nitrogen and oxygen atoms in total. The van der Waals surface area contributed by atoms with Crippen LogP contribution in [-0.4, -0.2) is 17.2 Å². The molecule has 0 aromatic heterocycles. The van der Waals surface area contributed by atoms with Gasteiger partial charge in [-0.25, -0.2) is 4.39 Å². The predicted octanol–water partition coefficient (Wildman–Crippen LogP) is 1.07. The molecule has 0 rings (SSSR count). The van der Waals surface area contributed by atoms with E-state index in [-0.39, 0.29) is 0 Å². The van der Waals surface area contributed by atoms with E-state index in [2.05, 4.69) is 0 Å². The number of rotatable bonds is 2. The van der Waals surface area contributed by atoms with Crippen molar-refractivity contribution in [2.24, 2.45) is 5.92 Å². The Kier molecular flexibility index (Phi) is 2.45. The van der Waals surface area contributed by atoms with Crippen LogP contribution in [0.2, 0.25) is 0 Å². The van der Waals surface area contributed by atoms with E-state index in [0.29, 0.717) is 0 Å². The number of alkyl halides is 1. The van der Waals surface area contributed by atoms with Gasteiger partial charge >= 0.3 is 5.97 Å². The molecule has 1 N–H and O–H groups in total. The zero-order valence-electron chi connectivity index (χ0n) is 4.89. The molecule has 0 radical (unpaired) electrons. The largest absolute Gasteiger partial charge is 0.481 e. The Bertz CT molecular complexity index is 90.4. The summed E-state index contributed by atoms with van der Waals surface area (Å²) in [6, 6.07) is 0. The van der Waals surface area contributed by atoms with Crippen molar-refractivity contribution in [1.82, 2.24) is 0 Å². The molecule has 0 saturated heterocycles. The van der Waals surface area contributed by atoms with Gasteiger partial charge in [0.25, 0.3) is 0 Å². The van der Waals surface area contributed by atoms with Crippen molar-refractivity contribution < 1.29 is 14.3 Å². The van der Waals surface area contributed by atoms with Crippen LogP contribution in [0.4, 0.5) is 4.39 Å². The monoisotopic (exact) mass is 120 g/mol. The first-order valence-corrected chi connectivity index (χ1v) is 2.42. The number of hydrogen-bond donors (Lipinski definition) is 1. The van der Waals surface area contributed by atoms with Crippen LogP contribution < -0.4 is 0 Å². The van der Waals surface area contributed by atoms with Crippen molar-refractivity contribution in [3.8, 4) is 0 Å². The average molecular weight is 120 g/mol. The van der Waals surface area contributed by atoms with Crippen LogP contribution in [0.25, 0.3) is 0 Å². The second-order valence-electron chi connectivity index (χ2n) is 1.80. The van der Waals surface area contributed by atoms with Crippen molar-refractivity contribution >= 4 is 5.97 Å². The number of halogens is 1. The molecular formula is C5H9FO2. The summed E-state index contributed by atoms with van der Waals surface area (Å²) >= 11 is 0. The highest BCUT2D eigenvalue weighted by molar-refractivity contribution is 5.70. The van der Waals surface area contributed by atoms with Gasteiger partial charge in [-0.05, 0) is 13.8 Å². The van der Waals surface area contributed by atoms with Crippen LogP contribution in [0, 0.1) is 5.92 Å². The fraction of sp³-hybridized carbons (Fsp3) is 0.800. The summed E-state index contributed by atoms with van der Waals surface area (Å²) in [7, 11) is 0. The summed E-state index contributed by atoms with van der Waals surface area (Å²) in [5.74, 6) is -1.96. The standard InChI is InChI=1S/C5H9FO2/c1-3(4(2)6)5(7)8/h3-4H,1-2H3,(H,7,8)/t3-,4+/m1/s1. The minimum absolute atomic E-state index is 0.880. The lowest BCUT2D eigenvalue weighted by molar-refractivity contribution is -0.142. The van der Waals surface area contributed by atoms with Crippen molar-refractivity contribution in [2.45, 2.75) is 20.0 Å². The second kappa shape index (κ2) is 2.64. The third-order valence-electron chi connectivity index (χ3n) is 1.08. The normalized spacial score (nSPS) is 17.4. The second-order valence-corrected chi connectivity index (χ2v) is 1.80. The Morgan fingerprint density at radius 2 is 2.00 bits per heavy atom. The fourth-order valence-electron chi connectivity index (χ4n) is 0.196. The van der Waals surface area contributed by atoms with E-state index in [1.165, 1.54) is 13.8 Å². The first-order valence-electron chi connectivity index (χ1n) is 2.42. The molecule has 0 amide bonds.